The van der Waals surface area contributed by atoms with Crippen molar-refractivity contribution in [3.63, 3.8) is 0 Å². The van der Waals surface area contributed by atoms with Crippen LogP contribution in [0.25, 0.3) is 0 Å². The summed E-state index contributed by atoms with van der Waals surface area (Å²) in [5.41, 5.74) is -2.02. The molecule has 0 amide bonds. The van der Waals surface area contributed by atoms with Gasteiger partial charge >= 0.3 is 11.9 Å². The number of hydrogen-bond donors (Lipinski definition) is 0. The topological polar surface area (TPSA) is 71.1 Å². The maximum absolute atomic E-state index is 12.6. The van der Waals surface area contributed by atoms with Gasteiger partial charge in [0.2, 0.25) is 0 Å². The summed E-state index contributed by atoms with van der Waals surface area (Å²) in [6.45, 7) is 5.97. The maximum Gasteiger partial charge on any atom is 0.352 e. The molecule has 0 aromatic heterocycles. The molecule has 162 valence electrons. The minimum absolute atomic E-state index is 0.332. The van der Waals surface area contributed by atoms with Crippen LogP contribution < -0.4 is 10.4 Å². The van der Waals surface area contributed by atoms with E-state index in [4.69, 9.17) is 18.6 Å². The Morgan fingerprint density at radius 1 is 0.767 bits per heavy atom. The molecular formula is C23H30O6Si. The number of carbonyl (C=O) groups is 2. The molecule has 2 rings (SSSR count). The zero-order chi connectivity index (χ0) is 22.4. The van der Waals surface area contributed by atoms with Gasteiger partial charge in [-0.1, -0.05) is 81.4 Å². The molecular weight excluding hydrogens is 400 g/mol. The van der Waals surface area contributed by atoms with Gasteiger partial charge in [-0.25, -0.2) is 9.59 Å². The quantitative estimate of drug-likeness (QED) is 0.364. The van der Waals surface area contributed by atoms with Gasteiger partial charge in [-0.2, -0.15) is 0 Å². The van der Waals surface area contributed by atoms with Gasteiger partial charge in [0, 0.05) is 7.11 Å². The van der Waals surface area contributed by atoms with E-state index in [-0.39, 0.29) is 11.6 Å². The van der Waals surface area contributed by atoms with Crippen molar-refractivity contribution in [3.05, 3.63) is 60.7 Å². The second-order valence-corrected chi connectivity index (χ2v) is 12.3. The first-order valence-corrected chi connectivity index (χ1v) is 11.6. The van der Waals surface area contributed by atoms with Crippen LogP contribution in [-0.4, -0.2) is 53.8 Å². The Morgan fingerprint density at radius 3 is 1.47 bits per heavy atom. The zero-order valence-electron chi connectivity index (χ0n) is 18.4. The normalized spacial score (nSPS) is 12.3. The average molecular weight is 431 g/mol. The van der Waals surface area contributed by atoms with E-state index >= 15 is 0 Å². The summed E-state index contributed by atoms with van der Waals surface area (Å²) in [7, 11) is 0.671. The summed E-state index contributed by atoms with van der Waals surface area (Å²) in [5.74, 6) is -1.73. The molecule has 0 unspecified atom stereocenters. The minimum Gasteiger partial charge on any atom is -0.466 e. The van der Waals surface area contributed by atoms with E-state index in [1.54, 1.807) is 0 Å². The van der Waals surface area contributed by atoms with Crippen LogP contribution in [0, 0.1) is 0 Å². The van der Waals surface area contributed by atoms with Crippen LogP contribution in [0.1, 0.15) is 20.8 Å². The monoisotopic (exact) mass is 430 g/mol. The molecule has 0 heterocycles. The fraction of sp³-hybridized carbons (Fsp3) is 0.391. The molecule has 0 fully saturated rings. The maximum atomic E-state index is 12.6. The largest absolute Gasteiger partial charge is 0.466 e. The lowest BCUT2D eigenvalue weighted by atomic mass is 10.1. The smallest absolute Gasteiger partial charge is 0.352 e. The van der Waals surface area contributed by atoms with E-state index in [1.165, 1.54) is 21.3 Å². The van der Waals surface area contributed by atoms with Crippen molar-refractivity contribution in [1.29, 1.82) is 0 Å². The fourth-order valence-electron chi connectivity index (χ4n) is 3.73. The van der Waals surface area contributed by atoms with Gasteiger partial charge in [0.1, 0.15) is 0 Å². The van der Waals surface area contributed by atoms with Gasteiger partial charge in [-0.3, -0.25) is 0 Å². The van der Waals surface area contributed by atoms with Crippen molar-refractivity contribution < 1.29 is 28.2 Å². The Balaban J connectivity index is 2.69. The van der Waals surface area contributed by atoms with E-state index in [2.05, 4.69) is 20.8 Å². The Kier molecular flexibility index (Phi) is 7.57. The van der Waals surface area contributed by atoms with Crippen molar-refractivity contribution in [2.45, 2.75) is 31.4 Å². The highest BCUT2D eigenvalue weighted by atomic mass is 28.4. The number of methoxy groups -OCH3 is 3. The molecule has 30 heavy (non-hydrogen) atoms. The highest BCUT2D eigenvalue weighted by Gasteiger charge is 2.56. The number of ether oxygens (including phenoxy) is 3. The first-order valence-electron chi connectivity index (χ1n) is 9.66. The van der Waals surface area contributed by atoms with E-state index in [0.717, 1.165) is 10.4 Å². The van der Waals surface area contributed by atoms with Crippen LogP contribution in [0.15, 0.2) is 60.7 Å². The van der Waals surface area contributed by atoms with Gasteiger partial charge < -0.3 is 18.6 Å². The number of hydrogen-bond acceptors (Lipinski definition) is 6. The lowest BCUT2D eigenvalue weighted by Gasteiger charge is -2.44. The Labute approximate surface area is 179 Å². The molecule has 6 nitrogen and oxygen atoms in total. The molecule has 0 aliphatic heterocycles. The number of carbonyl (C=O) groups excluding carboxylic acids is 2. The average Bonchev–Trinajstić information content (AvgIpc) is 2.76. The molecule has 2 aromatic rings. The highest BCUT2D eigenvalue weighted by molar-refractivity contribution is 6.99. The Morgan fingerprint density at radius 2 is 1.17 bits per heavy atom. The summed E-state index contributed by atoms with van der Waals surface area (Å²) in [4.78, 5) is 25.2. The SMILES string of the molecule is COC(=O)C(CO[Si](c1ccccc1)(c1ccccc1)C(C)(C)C)(OC)C(=O)OC. The van der Waals surface area contributed by atoms with Gasteiger partial charge in [0.05, 0.1) is 20.8 Å². The molecule has 0 radical (unpaired) electrons. The molecule has 0 spiro atoms. The summed E-state index contributed by atoms with van der Waals surface area (Å²) >= 11 is 0. The highest BCUT2D eigenvalue weighted by Crippen LogP contribution is 2.37. The molecule has 0 bridgehead atoms. The number of benzene rings is 2. The van der Waals surface area contributed by atoms with Gasteiger partial charge in [-0.15, -0.1) is 0 Å². The second kappa shape index (κ2) is 9.55. The van der Waals surface area contributed by atoms with Crippen molar-refractivity contribution >= 4 is 30.6 Å². The summed E-state index contributed by atoms with van der Waals surface area (Å²) < 4.78 is 21.8. The van der Waals surface area contributed by atoms with Crippen LogP contribution in [0.2, 0.25) is 5.04 Å². The predicted molar refractivity (Wildman–Crippen MR) is 117 cm³/mol. The fourth-order valence-corrected chi connectivity index (χ4v) is 8.30. The molecule has 0 aliphatic rings. The number of rotatable bonds is 8. The summed E-state index contributed by atoms with van der Waals surface area (Å²) in [6, 6.07) is 19.8. The van der Waals surface area contributed by atoms with Crippen LogP contribution in [-0.2, 0) is 28.2 Å². The van der Waals surface area contributed by atoms with Gasteiger partial charge in [0.25, 0.3) is 13.9 Å². The second-order valence-electron chi connectivity index (χ2n) is 7.97. The van der Waals surface area contributed by atoms with E-state index < -0.39 is 25.9 Å². The zero-order valence-corrected chi connectivity index (χ0v) is 19.4. The standard InChI is InChI=1S/C23H30O6Si/c1-22(2,3)30(18-13-9-7-10-14-18,19-15-11-8-12-16-19)29-17-23(28-6,20(24)26-4)21(25)27-5/h7-16H,17H2,1-6H3. The summed E-state index contributed by atoms with van der Waals surface area (Å²) in [6.07, 6.45) is 0. The first-order chi connectivity index (χ1) is 14.2. The third kappa shape index (κ3) is 4.19. The van der Waals surface area contributed by atoms with Crippen molar-refractivity contribution in [1.82, 2.24) is 0 Å². The third-order valence-electron chi connectivity index (χ3n) is 5.29. The molecule has 2 aromatic carbocycles. The van der Waals surface area contributed by atoms with E-state index in [9.17, 15) is 9.59 Å². The lowest BCUT2D eigenvalue weighted by Crippen LogP contribution is -2.69. The third-order valence-corrected chi connectivity index (χ3v) is 10.3. The van der Waals surface area contributed by atoms with Crippen LogP contribution in [0.4, 0.5) is 0 Å². The predicted octanol–water partition coefficient (Wildman–Crippen LogP) is 2.29. The minimum atomic E-state index is -2.99. The van der Waals surface area contributed by atoms with Crippen LogP contribution >= 0.6 is 0 Å². The van der Waals surface area contributed by atoms with Crippen molar-refractivity contribution in [3.8, 4) is 0 Å². The van der Waals surface area contributed by atoms with Gasteiger partial charge in [-0.05, 0) is 15.4 Å². The van der Waals surface area contributed by atoms with Crippen molar-refractivity contribution in [2.75, 3.05) is 27.9 Å². The molecule has 7 heteroatoms. The Hall–Kier alpha value is -2.48. The van der Waals surface area contributed by atoms with E-state index in [0.29, 0.717) is 0 Å². The van der Waals surface area contributed by atoms with Gasteiger partial charge in [0.15, 0.2) is 0 Å². The van der Waals surface area contributed by atoms with Crippen molar-refractivity contribution in [2.24, 2.45) is 0 Å². The molecule has 0 saturated heterocycles. The lowest BCUT2D eigenvalue weighted by molar-refractivity contribution is -0.188. The van der Waals surface area contributed by atoms with Crippen LogP contribution in [0.3, 0.4) is 0 Å². The molecule has 0 aliphatic carbocycles. The van der Waals surface area contributed by atoms with Crippen LogP contribution in [0.5, 0.6) is 0 Å². The molecule has 0 N–H and O–H groups in total. The number of esters is 2. The summed E-state index contributed by atoms with van der Waals surface area (Å²) in [5, 5.41) is 1.70. The molecule has 0 saturated carbocycles. The molecule has 0 atom stereocenters. The van der Waals surface area contributed by atoms with E-state index in [1.807, 2.05) is 60.7 Å². The Bertz CT molecular complexity index is 790. The first kappa shape index (κ1) is 23.8.